The largest absolute Gasteiger partial charge is 0.477 e. The molecule has 0 saturated heterocycles. The lowest BCUT2D eigenvalue weighted by molar-refractivity contribution is -0.150. The molecule has 0 fully saturated rings. The van der Waals surface area contributed by atoms with Crippen LogP contribution in [0.5, 0.6) is 5.75 Å². The standard InChI is InChI=1S/C12H18N2O3/c1-4-16-12(15)9(3)17-11-6-5-8(2)14-10(11)7-13/h5-6,9H,4,7,13H2,1-3H3. The Hall–Kier alpha value is -1.62. The fraction of sp³-hybridized carbons (Fsp3) is 0.500. The van der Waals surface area contributed by atoms with Crippen molar-refractivity contribution in [1.29, 1.82) is 0 Å². The third-order valence-electron chi connectivity index (χ3n) is 2.19. The van der Waals surface area contributed by atoms with E-state index in [4.69, 9.17) is 15.2 Å². The second-order valence-corrected chi connectivity index (χ2v) is 3.61. The highest BCUT2D eigenvalue weighted by Crippen LogP contribution is 2.18. The number of nitrogens with zero attached hydrogens (tertiary/aromatic N) is 1. The summed E-state index contributed by atoms with van der Waals surface area (Å²) < 4.78 is 10.3. The van der Waals surface area contributed by atoms with Gasteiger partial charge < -0.3 is 15.2 Å². The van der Waals surface area contributed by atoms with E-state index in [0.717, 1.165) is 5.69 Å². The number of pyridine rings is 1. The SMILES string of the molecule is CCOC(=O)C(C)Oc1ccc(C)nc1CN. The fourth-order valence-electron chi connectivity index (χ4n) is 1.35. The lowest BCUT2D eigenvalue weighted by Crippen LogP contribution is -2.26. The minimum Gasteiger partial charge on any atom is -0.477 e. The number of carbonyl (C=O) groups is 1. The summed E-state index contributed by atoms with van der Waals surface area (Å²) in [6.07, 6.45) is -0.662. The van der Waals surface area contributed by atoms with Gasteiger partial charge in [-0.3, -0.25) is 4.98 Å². The number of esters is 1. The van der Waals surface area contributed by atoms with Crippen LogP contribution >= 0.6 is 0 Å². The van der Waals surface area contributed by atoms with Crippen molar-refractivity contribution in [3.8, 4) is 5.75 Å². The van der Waals surface area contributed by atoms with Gasteiger partial charge in [0.25, 0.3) is 0 Å². The molecule has 2 N–H and O–H groups in total. The third kappa shape index (κ3) is 3.71. The van der Waals surface area contributed by atoms with Crippen LogP contribution < -0.4 is 10.5 Å². The Kier molecular flexibility index (Phi) is 4.90. The predicted molar refractivity (Wildman–Crippen MR) is 63.6 cm³/mol. The van der Waals surface area contributed by atoms with Crippen LogP contribution in [-0.4, -0.2) is 23.7 Å². The van der Waals surface area contributed by atoms with E-state index in [9.17, 15) is 4.79 Å². The number of aromatic nitrogens is 1. The first kappa shape index (κ1) is 13.4. The number of ether oxygens (including phenoxy) is 2. The number of hydrogen-bond acceptors (Lipinski definition) is 5. The monoisotopic (exact) mass is 238 g/mol. The highest BCUT2D eigenvalue weighted by Gasteiger charge is 2.17. The molecule has 5 nitrogen and oxygen atoms in total. The summed E-state index contributed by atoms with van der Waals surface area (Å²) in [5, 5.41) is 0. The number of carbonyl (C=O) groups excluding carboxylic acids is 1. The predicted octanol–water partition coefficient (Wildman–Crippen LogP) is 1.18. The summed E-state index contributed by atoms with van der Waals surface area (Å²) in [7, 11) is 0. The molecule has 1 atom stereocenters. The molecule has 0 saturated carbocycles. The molecule has 0 bridgehead atoms. The smallest absolute Gasteiger partial charge is 0.347 e. The van der Waals surface area contributed by atoms with Crippen molar-refractivity contribution in [3.05, 3.63) is 23.5 Å². The molecule has 1 rings (SSSR count). The average molecular weight is 238 g/mol. The van der Waals surface area contributed by atoms with Crippen molar-refractivity contribution in [2.45, 2.75) is 33.4 Å². The van der Waals surface area contributed by atoms with Crippen LogP contribution in [0.3, 0.4) is 0 Å². The van der Waals surface area contributed by atoms with E-state index < -0.39 is 12.1 Å². The fourth-order valence-corrected chi connectivity index (χ4v) is 1.35. The molecule has 1 heterocycles. The zero-order chi connectivity index (χ0) is 12.8. The van der Waals surface area contributed by atoms with Gasteiger partial charge in [0.15, 0.2) is 6.10 Å². The second kappa shape index (κ2) is 6.20. The Morgan fingerprint density at radius 3 is 2.82 bits per heavy atom. The Bertz CT molecular complexity index is 393. The summed E-state index contributed by atoms with van der Waals surface area (Å²) in [6.45, 7) is 5.87. The van der Waals surface area contributed by atoms with Gasteiger partial charge in [0.2, 0.25) is 0 Å². The third-order valence-corrected chi connectivity index (χ3v) is 2.19. The zero-order valence-corrected chi connectivity index (χ0v) is 10.4. The van der Waals surface area contributed by atoms with Crippen molar-refractivity contribution >= 4 is 5.97 Å². The van der Waals surface area contributed by atoms with Gasteiger partial charge in [-0.1, -0.05) is 0 Å². The molecule has 0 radical (unpaired) electrons. The van der Waals surface area contributed by atoms with E-state index in [1.165, 1.54) is 0 Å². The quantitative estimate of drug-likeness (QED) is 0.780. The van der Waals surface area contributed by atoms with Crippen molar-refractivity contribution in [2.24, 2.45) is 5.73 Å². The lowest BCUT2D eigenvalue weighted by Gasteiger charge is -2.15. The highest BCUT2D eigenvalue weighted by atomic mass is 16.6. The summed E-state index contributed by atoms with van der Waals surface area (Å²) >= 11 is 0. The molecule has 1 aromatic rings. The number of rotatable bonds is 5. The van der Waals surface area contributed by atoms with Gasteiger partial charge in [-0.15, -0.1) is 0 Å². The van der Waals surface area contributed by atoms with Gasteiger partial charge in [-0.25, -0.2) is 4.79 Å². The Morgan fingerprint density at radius 1 is 1.53 bits per heavy atom. The molecule has 17 heavy (non-hydrogen) atoms. The first-order valence-corrected chi connectivity index (χ1v) is 5.58. The van der Waals surface area contributed by atoms with Crippen LogP contribution in [0.1, 0.15) is 25.2 Å². The molecule has 0 aromatic carbocycles. The van der Waals surface area contributed by atoms with Crippen LogP contribution in [0.2, 0.25) is 0 Å². The van der Waals surface area contributed by atoms with E-state index in [-0.39, 0.29) is 6.54 Å². The molecule has 0 spiro atoms. The second-order valence-electron chi connectivity index (χ2n) is 3.61. The van der Waals surface area contributed by atoms with E-state index in [0.29, 0.717) is 18.1 Å². The maximum Gasteiger partial charge on any atom is 0.347 e. The molecule has 94 valence electrons. The van der Waals surface area contributed by atoms with Gasteiger partial charge in [0.1, 0.15) is 5.75 Å². The Balaban J connectivity index is 2.77. The topological polar surface area (TPSA) is 74.4 Å². The van der Waals surface area contributed by atoms with Gasteiger partial charge in [-0.05, 0) is 32.9 Å². The molecular weight excluding hydrogens is 220 g/mol. The minimum absolute atomic E-state index is 0.270. The van der Waals surface area contributed by atoms with Crippen LogP contribution in [-0.2, 0) is 16.1 Å². The first-order chi connectivity index (χ1) is 8.08. The maximum absolute atomic E-state index is 11.4. The van der Waals surface area contributed by atoms with Crippen molar-refractivity contribution in [2.75, 3.05) is 6.61 Å². The summed E-state index contributed by atoms with van der Waals surface area (Å²) in [6, 6.07) is 3.58. The van der Waals surface area contributed by atoms with Crippen LogP contribution in [0, 0.1) is 6.92 Å². The highest BCUT2D eigenvalue weighted by molar-refractivity contribution is 5.74. The Labute approximate surface area is 101 Å². The molecular formula is C12H18N2O3. The van der Waals surface area contributed by atoms with Gasteiger partial charge in [-0.2, -0.15) is 0 Å². The van der Waals surface area contributed by atoms with Crippen molar-refractivity contribution in [3.63, 3.8) is 0 Å². The molecule has 5 heteroatoms. The normalized spacial score (nSPS) is 12.0. The summed E-state index contributed by atoms with van der Waals surface area (Å²) in [5.74, 6) is 0.134. The van der Waals surface area contributed by atoms with Gasteiger partial charge in [0, 0.05) is 12.2 Å². The minimum atomic E-state index is -0.662. The van der Waals surface area contributed by atoms with Crippen LogP contribution in [0.25, 0.3) is 0 Å². The molecule has 1 aromatic heterocycles. The van der Waals surface area contributed by atoms with E-state index >= 15 is 0 Å². The van der Waals surface area contributed by atoms with Crippen LogP contribution in [0.15, 0.2) is 12.1 Å². The summed E-state index contributed by atoms with van der Waals surface area (Å²) in [4.78, 5) is 15.7. The van der Waals surface area contributed by atoms with Crippen molar-refractivity contribution < 1.29 is 14.3 Å². The van der Waals surface area contributed by atoms with E-state index in [1.807, 2.05) is 13.0 Å². The summed E-state index contributed by atoms with van der Waals surface area (Å²) in [5.41, 5.74) is 7.07. The number of hydrogen-bond donors (Lipinski definition) is 1. The molecule has 0 aliphatic carbocycles. The first-order valence-electron chi connectivity index (χ1n) is 5.58. The Morgan fingerprint density at radius 2 is 2.24 bits per heavy atom. The van der Waals surface area contributed by atoms with Crippen LogP contribution in [0.4, 0.5) is 0 Å². The number of aryl methyl sites for hydroxylation is 1. The maximum atomic E-state index is 11.4. The number of nitrogens with two attached hydrogens (primary N) is 1. The molecule has 1 unspecified atom stereocenters. The average Bonchev–Trinajstić information content (AvgIpc) is 2.31. The van der Waals surface area contributed by atoms with Crippen molar-refractivity contribution in [1.82, 2.24) is 4.98 Å². The van der Waals surface area contributed by atoms with E-state index in [1.54, 1.807) is 19.9 Å². The zero-order valence-electron chi connectivity index (χ0n) is 10.4. The van der Waals surface area contributed by atoms with Gasteiger partial charge >= 0.3 is 5.97 Å². The van der Waals surface area contributed by atoms with Gasteiger partial charge in [0.05, 0.1) is 12.3 Å². The molecule has 0 amide bonds. The molecule has 0 aliphatic heterocycles. The molecule has 0 aliphatic rings. The lowest BCUT2D eigenvalue weighted by atomic mass is 10.3. The van der Waals surface area contributed by atoms with E-state index in [2.05, 4.69) is 4.98 Å².